The van der Waals surface area contributed by atoms with Crippen molar-refractivity contribution in [2.75, 3.05) is 67.4 Å². The Balaban J connectivity index is 4.56. The monoisotopic (exact) mass is 1330 g/mol. The van der Waals surface area contributed by atoms with E-state index < -0.39 is 161 Å². The zero-order valence-electron chi connectivity index (χ0n) is 60.8. The predicted octanol–water partition coefficient (Wildman–Crippen LogP) is 3.22. The maximum absolute atomic E-state index is 15.3. The maximum atomic E-state index is 15.3. The zero-order chi connectivity index (χ0) is 72.0. The molecule has 534 valence electrons. The van der Waals surface area contributed by atoms with Gasteiger partial charge in [-0.25, -0.2) is 0 Å². The van der Waals surface area contributed by atoms with Crippen LogP contribution in [0.15, 0.2) is 12.2 Å². The van der Waals surface area contributed by atoms with Gasteiger partial charge in [-0.3, -0.25) is 52.7 Å². The summed E-state index contributed by atoms with van der Waals surface area (Å²) in [5.74, 6) is -9.62. The third kappa shape index (κ3) is 25.0. The third-order valence-corrected chi connectivity index (χ3v) is 18.6. The molecule has 1 aliphatic rings. The molecule has 0 aromatic rings. The number of hydrogen-bond acceptors (Lipinski definition) is 15. The molecule has 1 saturated heterocycles. The van der Waals surface area contributed by atoms with Crippen LogP contribution in [0.1, 0.15) is 169 Å². The lowest BCUT2D eigenvalue weighted by Gasteiger charge is -2.41. The molecule has 26 heteroatoms. The minimum Gasteiger partial charge on any atom is -0.390 e. The first-order chi connectivity index (χ1) is 43.0. The highest BCUT2D eigenvalue weighted by Gasteiger charge is 2.47. The van der Waals surface area contributed by atoms with E-state index in [2.05, 4.69) is 21.3 Å². The molecule has 0 unspecified atom stereocenters. The first kappa shape index (κ1) is 85.2. The molecule has 0 radical (unpaired) electrons. The molecule has 8 N–H and O–H groups in total. The molecule has 93 heavy (non-hydrogen) atoms. The molecule has 1 heterocycles. The number of likely N-dealkylation sites (N-methyl/N-ethyl adjacent to an activating group) is 7. The van der Waals surface area contributed by atoms with Gasteiger partial charge in [-0.05, 0) is 127 Å². The van der Waals surface area contributed by atoms with Gasteiger partial charge in [0.15, 0.2) is 0 Å². The number of nitrogens with two attached hydrogens (primary N) is 1. The van der Waals surface area contributed by atoms with Gasteiger partial charge < -0.3 is 71.5 Å². The van der Waals surface area contributed by atoms with Crippen molar-refractivity contribution in [2.24, 2.45) is 41.2 Å². The number of rotatable bonds is 21. The summed E-state index contributed by atoms with van der Waals surface area (Å²) in [5, 5.41) is 34.6. The summed E-state index contributed by atoms with van der Waals surface area (Å²) >= 11 is 1.32. The smallest absolute Gasteiger partial charge is 0.246 e. The van der Waals surface area contributed by atoms with E-state index in [1.54, 1.807) is 60.6 Å². The van der Waals surface area contributed by atoms with Crippen molar-refractivity contribution >= 4 is 76.7 Å². The van der Waals surface area contributed by atoms with E-state index in [0.29, 0.717) is 25.1 Å². The predicted molar refractivity (Wildman–Crippen MR) is 364 cm³/mol. The van der Waals surface area contributed by atoms with Crippen molar-refractivity contribution in [2.45, 2.75) is 247 Å². The van der Waals surface area contributed by atoms with Gasteiger partial charge in [0.05, 0.1) is 11.7 Å². The molecule has 0 saturated carbocycles. The lowest BCUT2D eigenvalue weighted by molar-refractivity contribution is -0.157. The maximum Gasteiger partial charge on any atom is 0.246 e. The van der Waals surface area contributed by atoms with Gasteiger partial charge >= 0.3 is 0 Å². The van der Waals surface area contributed by atoms with Crippen LogP contribution in [0, 0.1) is 35.5 Å². The summed E-state index contributed by atoms with van der Waals surface area (Å²) in [4.78, 5) is 172. The van der Waals surface area contributed by atoms with Crippen LogP contribution in [0.4, 0.5) is 0 Å². The van der Waals surface area contributed by atoms with E-state index >= 15 is 28.8 Å². The van der Waals surface area contributed by atoms with Crippen LogP contribution in [-0.4, -0.2) is 255 Å². The standard InChI is InChI=1S/C67H122N12O13S/c1-25-27-29-43(13)55(80)54-59(84)71-46(26-2)61(86)77(22)51(37-93-33-28-32-68)64(89)76(21)50(36-67(16,17)92)58(83)72-52(41(9)10)65(90)73(18)47(31-30-38(3)4)57(82)69-44(14)56(81)70-45(15)60(85)74(19)48(34-39(5)6)62(87)75(20)49(35-40(7)8)63(88)78(23)53(42(11)12)66(91)79(54)24/h25,27,38-55,80,92H,26,28-37,68H2,1-24H3,(H,69,82)(H,70,81)(H,71,84)(H,72,83)/b27-25+/t43-,44-,45+,46-,47-,48+,49+,50+,51-,52-,53-,54+,55-/m1/s1. The summed E-state index contributed by atoms with van der Waals surface area (Å²) < 4.78 is 0. The fourth-order valence-corrected chi connectivity index (χ4v) is 12.6. The van der Waals surface area contributed by atoms with E-state index in [-0.39, 0.29) is 62.0 Å². The van der Waals surface area contributed by atoms with Gasteiger partial charge in [0.1, 0.15) is 66.5 Å². The fraction of sp³-hybridized carbons (Fsp3) is 0.806. The number of hydrogen-bond donors (Lipinski definition) is 7. The van der Waals surface area contributed by atoms with E-state index in [9.17, 15) is 34.2 Å². The summed E-state index contributed by atoms with van der Waals surface area (Å²) in [6, 6.07) is -14.4. The molecule has 0 spiro atoms. The normalized spacial score (nSPS) is 26.6. The molecule has 0 aromatic heterocycles. The largest absolute Gasteiger partial charge is 0.390 e. The van der Waals surface area contributed by atoms with Crippen molar-refractivity contribution in [1.82, 2.24) is 55.6 Å². The number of carbonyl (C=O) groups is 11. The summed E-state index contributed by atoms with van der Waals surface area (Å²) in [5.41, 5.74) is 4.27. The Morgan fingerprint density at radius 3 is 1.47 bits per heavy atom. The zero-order valence-corrected chi connectivity index (χ0v) is 61.6. The second-order valence-corrected chi connectivity index (χ2v) is 29.4. The van der Waals surface area contributed by atoms with Gasteiger partial charge in [0.25, 0.3) is 0 Å². The van der Waals surface area contributed by atoms with E-state index in [4.69, 9.17) is 5.73 Å². The Kier molecular flexibility index (Phi) is 35.9. The van der Waals surface area contributed by atoms with Crippen molar-refractivity contribution in [3.63, 3.8) is 0 Å². The van der Waals surface area contributed by atoms with Crippen LogP contribution in [0.3, 0.4) is 0 Å². The number of aliphatic hydroxyl groups is 2. The van der Waals surface area contributed by atoms with Gasteiger partial charge in [-0.2, -0.15) is 11.8 Å². The molecule has 0 aliphatic carbocycles. The topological polar surface area (TPSA) is 325 Å². The van der Waals surface area contributed by atoms with E-state index in [1.165, 1.54) is 113 Å². The molecule has 13 atom stereocenters. The van der Waals surface area contributed by atoms with Crippen molar-refractivity contribution < 1.29 is 63.0 Å². The number of amides is 11. The molecule has 1 rings (SSSR count). The highest BCUT2D eigenvalue weighted by atomic mass is 32.2. The molecule has 1 fully saturated rings. The van der Waals surface area contributed by atoms with Gasteiger partial charge in [0, 0.05) is 61.5 Å². The van der Waals surface area contributed by atoms with Crippen LogP contribution in [0.5, 0.6) is 0 Å². The van der Waals surface area contributed by atoms with Gasteiger partial charge in [-0.15, -0.1) is 0 Å². The minimum absolute atomic E-state index is 0.0107. The lowest BCUT2D eigenvalue weighted by Crippen LogP contribution is -2.64. The fourth-order valence-electron chi connectivity index (χ4n) is 11.5. The summed E-state index contributed by atoms with van der Waals surface area (Å²) in [7, 11) is 9.82. The van der Waals surface area contributed by atoms with E-state index in [0.717, 1.165) is 9.80 Å². The Hall–Kier alpha value is -5.86. The number of nitrogens with zero attached hydrogens (tertiary/aromatic N) is 7. The number of aliphatic hydroxyl groups excluding tert-OH is 1. The van der Waals surface area contributed by atoms with Crippen LogP contribution in [0.2, 0.25) is 0 Å². The third-order valence-electron chi connectivity index (χ3n) is 17.5. The Morgan fingerprint density at radius 2 is 1.00 bits per heavy atom. The van der Waals surface area contributed by atoms with Crippen LogP contribution in [-0.2, 0) is 52.7 Å². The van der Waals surface area contributed by atoms with Crippen molar-refractivity contribution in [3.05, 3.63) is 12.2 Å². The molecular formula is C67H122N12O13S. The Labute approximate surface area is 560 Å². The molecule has 0 aromatic carbocycles. The highest BCUT2D eigenvalue weighted by molar-refractivity contribution is 7.99. The summed E-state index contributed by atoms with van der Waals surface area (Å²) in [6.45, 7) is 29.4. The second-order valence-electron chi connectivity index (χ2n) is 28.3. The number of nitrogens with one attached hydrogen (secondary N) is 4. The number of thioether (sulfide) groups is 1. The highest BCUT2D eigenvalue weighted by Crippen LogP contribution is 2.27. The number of allylic oxidation sites excluding steroid dienone is 2. The molecule has 0 bridgehead atoms. The SMILES string of the molecule is C/C=C/C[C@@H](C)[C@@H](O)[C@H]1C(=O)N[C@H](CC)C(=O)N(C)[C@H](CSCCCN)C(=O)N(C)[C@@H](CC(C)(C)O)C(=O)N[C@H](C(C)C)C(=O)N(C)[C@H](CCC(C)C)C(=O)N[C@H](C)C(=O)N[C@@H](C)C(=O)N(C)[C@@H](CC(C)C)C(=O)N(C)[C@@H](CC(C)C)C(=O)N(C)[C@H](C(C)C)C(=O)N1C. The number of carbonyl (C=O) groups excluding carboxylic acids is 11. The quantitative estimate of drug-likeness (QED) is 0.0641. The van der Waals surface area contributed by atoms with Crippen molar-refractivity contribution in [3.8, 4) is 0 Å². The molecule has 25 nitrogen and oxygen atoms in total. The Bertz CT molecular complexity index is 2530. The van der Waals surface area contributed by atoms with Crippen molar-refractivity contribution in [1.29, 1.82) is 0 Å². The first-order valence-electron chi connectivity index (χ1n) is 33.3. The van der Waals surface area contributed by atoms with Gasteiger partial charge in [0.2, 0.25) is 65.0 Å². The minimum atomic E-state index is -1.66. The van der Waals surface area contributed by atoms with Crippen LogP contribution in [0.25, 0.3) is 0 Å². The molecule has 11 amide bonds. The summed E-state index contributed by atoms with van der Waals surface area (Å²) in [6.07, 6.45) is 3.37. The lowest BCUT2D eigenvalue weighted by atomic mass is 9.91. The molecule has 1 aliphatic heterocycles. The second kappa shape index (κ2) is 39.2. The van der Waals surface area contributed by atoms with Gasteiger partial charge in [-0.1, -0.05) is 95.2 Å². The van der Waals surface area contributed by atoms with Crippen LogP contribution < -0.4 is 27.0 Å². The average molecular weight is 1340 g/mol. The Morgan fingerprint density at radius 1 is 0.538 bits per heavy atom. The molecular weight excluding hydrogens is 1210 g/mol. The first-order valence-corrected chi connectivity index (χ1v) is 34.5. The average Bonchev–Trinajstić information content (AvgIpc) is 0.819. The van der Waals surface area contributed by atoms with Crippen LogP contribution >= 0.6 is 11.8 Å². The van der Waals surface area contributed by atoms with E-state index in [1.807, 2.05) is 41.5 Å².